The summed E-state index contributed by atoms with van der Waals surface area (Å²) in [5, 5.41) is 21.3. The molecule has 10 nitrogen and oxygen atoms in total. The van der Waals surface area contributed by atoms with Gasteiger partial charge in [-0.1, -0.05) is 18.2 Å². The zero-order valence-corrected chi connectivity index (χ0v) is 25.1. The number of benzene rings is 2. The minimum Gasteiger partial charge on any atom is -0.457 e. The summed E-state index contributed by atoms with van der Waals surface area (Å²) in [4.78, 5) is 33.1. The molecular weight excluding hydrogens is 566 g/mol. The van der Waals surface area contributed by atoms with Crippen molar-refractivity contribution < 1.29 is 24.2 Å². The number of aliphatic hydroxyl groups excluding tert-OH is 1. The number of nitrogens with one attached hydrogen (secondary N) is 3. The van der Waals surface area contributed by atoms with E-state index >= 15 is 0 Å². The number of nitrogens with zero attached hydrogens (tertiary/aromatic N) is 2. The van der Waals surface area contributed by atoms with Gasteiger partial charge in [-0.05, 0) is 88.9 Å². The smallest absolute Gasteiger partial charge is 0.407 e. The Labute approximate surface area is 254 Å². The van der Waals surface area contributed by atoms with E-state index in [1.807, 2.05) is 81.4 Å². The summed E-state index contributed by atoms with van der Waals surface area (Å²) in [7, 11) is 0. The van der Waals surface area contributed by atoms with Crippen LogP contribution in [0.1, 0.15) is 57.6 Å². The molecule has 3 amide bonds. The summed E-state index contributed by atoms with van der Waals surface area (Å²) < 4.78 is 11.3. The molecule has 0 spiro atoms. The van der Waals surface area contributed by atoms with Crippen molar-refractivity contribution in [3.8, 4) is 11.5 Å². The van der Waals surface area contributed by atoms with Crippen LogP contribution in [0.5, 0.6) is 11.5 Å². The third kappa shape index (κ3) is 6.43. The monoisotopic (exact) mass is 601 g/mol. The quantitative estimate of drug-likeness (QED) is 0.165. The van der Waals surface area contributed by atoms with E-state index in [1.54, 1.807) is 11.1 Å². The molecule has 224 valence electrons. The highest BCUT2D eigenvalue weighted by Crippen LogP contribution is 2.47. The predicted molar refractivity (Wildman–Crippen MR) is 167 cm³/mol. The van der Waals surface area contributed by atoms with E-state index in [0.717, 1.165) is 41.6 Å². The first-order valence-electron chi connectivity index (χ1n) is 14.4. The number of para-hydroxylation sites is 1. The van der Waals surface area contributed by atoms with Gasteiger partial charge < -0.3 is 25.2 Å². The van der Waals surface area contributed by atoms with Crippen molar-refractivity contribution >= 4 is 50.7 Å². The van der Waals surface area contributed by atoms with Gasteiger partial charge >= 0.3 is 12.1 Å². The summed E-state index contributed by atoms with van der Waals surface area (Å²) in [5.74, 6) is 1.39. The Bertz CT molecular complexity index is 1610. The van der Waals surface area contributed by atoms with Crippen LogP contribution in [0.25, 0.3) is 10.2 Å². The van der Waals surface area contributed by atoms with Crippen molar-refractivity contribution in [3.05, 3.63) is 71.7 Å². The van der Waals surface area contributed by atoms with Crippen LogP contribution in [0.2, 0.25) is 0 Å². The van der Waals surface area contributed by atoms with E-state index in [-0.39, 0.29) is 18.1 Å². The lowest BCUT2D eigenvalue weighted by Gasteiger charge is -2.32. The van der Waals surface area contributed by atoms with E-state index < -0.39 is 17.9 Å². The van der Waals surface area contributed by atoms with Crippen LogP contribution in [0, 0.1) is 0 Å². The molecule has 1 saturated carbocycles. The number of carbonyl (C=O) groups excluding carboxylic acids is 2. The van der Waals surface area contributed by atoms with Gasteiger partial charge in [-0.25, -0.2) is 14.6 Å². The molecule has 1 aliphatic carbocycles. The Balaban J connectivity index is 1.15. The molecule has 0 radical (unpaired) electrons. The van der Waals surface area contributed by atoms with Gasteiger partial charge in [0.15, 0.2) is 0 Å². The van der Waals surface area contributed by atoms with Gasteiger partial charge in [0.25, 0.3) is 0 Å². The lowest BCUT2D eigenvalue weighted by molar-refractivity contribution is 0.0482. The first kappa shape index (κ1) is 28.9. The number of amides is 3. The number of aliphatic hydroxyl groups is 1. The lowest BCUT2D eigenvalue weighted by atomic mass is 9.91. The topological polar surface area (TPSA) is 125 Å². The first-order valence-corrected chi connectivity index (χ1v) is 15.3. The number of carbonyl (C=O) groups is 2. The molecule has 0 bridgehead atoms. The molecule has 4 N–H and O–H groups in total. The van der Waals surface area contributed by atoms with Crippen LogP contribution in [0.15, 0.2) is 66.9 Å². The van der Waals surface area contributed by atoms with Crippen molar-refractivity contribution in [2.75, 3.05) is 10.2 Å². The first-order chi connectivity index (χ1) is 20.6. The molecule has 6 rings (SSSR count). The number of anilines is 3. The van der Waals surface area contributed by atoms with Crippen molar-refractivity contribution in [2.24, 2.45) is 0 Å². The maximum Gasteiger partial charge on any atom is 0.407 e. The molecule has 1 atom stereocenters. The van der Waals surface area contributed by atoms with Crippen molar-refractivity contribution in [1.29, 1.82) is 0 Å². The normalized spacial score (nSPS) is 19.1. The van der Waals surface area contributed by atoms with Crippen molar-refractivity contribution in [1.82, 2.24) is 15.6 Å². The SMILES string of the molecule is CC(C)(C)OC(=O)NC1CCC(NC(O)c2sc3nccc4c3c2NC(=O)N4c2ccc(Oc3ccccc3)cc2)CC1. The third-order valence-corrected chi connectivity index (χ3v) is 8.59. The second-order valence-corrected chi connectivity index (χ2v) is 12.8. The summed E-state index contributed by atoms with van der Waals surface area (Å²) in [5.41, 5.74) is 1.41. The summed E-state index contributed by atoms with van der Waals surface area (Å²) in [6.45, 7) is 5.52. The average molecular weight is 602 g/mol. The van der Waals surface area contributed by atoms with Crippen LogP contribution in [-0.2, 0) is 4.74 Å². The Morgan fingerprint density at radius 1 is 1.02 bits per heavy atom. The van der Waals surface area contributed by atoms with Crippen molar-refractivity contribution in [2.45, 2.75) is 70.4 Å². The van der Waals surface area contributed by atoms with Crippen LogP contribution in [0.4, 0.5) is 26.7 Å². The molecule has 2 aromatic heterocycles. The van der Waals surface area contributed by atoms with E-state index in [2.05, 4.69) is 20.9 Å². The van der Waals surface area contributed by atoms with E-state index in [0.29, 0.717) is 27.7 Å². The maximum atomic E-state index is 13.5. The Kier molecular flexibility index (Phi) is 7.95. The largest absolute Gasteiger partial charge is 0.457 e. The lowest BCUT2D eigenvalue weighted by Crippen LogP contribution is -2.44. The zero-order chi connectivity index (χ0) is 30.1. The highest BCUT2D eigenvalue weighted by Gasteiger charge is 2.34. The molecule has 43 heavy (non-hydrogen) atoms. The fourth-order valence-electron chi connectivity index (χ4n) is 5.52. The predicted octanol–water partition coefficient (Wildman–Crippen LogP) is 7.19. The fraction of sp³-hybridized carbons (Fsp3) is 0.344. The Morgan fingerprint density at radius 3 is 2.40 bits per heavy atom. The maximum absolute atomic E-state index is 13.5. The van der Waals surface area contributed by atoms with Crippen LogP contribution in [0.3, 0.4) is 0 Å². The third-order valence-electron chi connectivity index (χ3n) is 7.44. The van der Waals surface area contributed by atoms with Gasteiger partial charge in [-0.15, -0.1) is 11.3 Å². The molecule has 2 aromatic carbocycles. The van der Waals surface area contributed by atoms with Crippen LogP contribution in [-0.4, -0.2) is 39.9 Å². The number of alkyl carbamates (subject to hydrolysis) is 1. The molecule has 1 unspecified atom stereocenters. The van der Waals surface area contributed by atoms with Crippen LogP contribution >= 0.6 is 11.3 Å². The molecule has 3 heterocycles. The highest BCUT2D eigenvalue weighted by atomic mass is 32.1. The minimum atomic E-state index is -0.983. The molecule has 2 aliphatic rings. The van der Waals surface area contributed by atoms with Gasteiger partial charge in [0, 0.05) is 18.3 Å². The van der Waals surface area contributed by atoms with Gasteiger partial charge in [0.05, 0.1) is 27.3 Å². The number of urea groups is 1. The molecule has 1 aliphatic heterocycles. The number of rotatable bonds is 7. The fourth-order valence-corrected chi connectivity index (χ4v) is 6.59. The van der Waals surface area contributed by atoms with E-state index in [4.69, 9.17) is 9.47 Å². The van der Waals surface area contributed by atoms with E-state index in [1.165, 1.54) is 11.3 Å². The summed E-state index contributed by atoms with van der Waals surface area (Å²) in [6, 6.07) is 18.4. The number of hydrogen-bond donors (Lipinski definition) is 4. The number of hydrogen-bond acceptors (Lipinski definition) is 8. The Morgan fingerprint density at radius 2 is 1.70 bits per heavy atom. The summed E-state index contributed by atoms with van der Waals surface area (Å²) >= 11 is 1.36. The minimum absolute atomic E-state index is 0.0338. The average Bonchev–Trinajstić information content (AvgIpc) is 3.34. The van der Waals surface area contributed by atoms with Gasteiger partial charge in [0.1, 0.15) is 28.2 Å². The number of pyridine rings is 1. The van der Waals surface area contributed by atoms with Crippen molar-refractivity contribution in [3.63, 3.8) is 0 Å². The molecular formula is C32H35N5O5S. The molecule has 1 fully saturated rings. The summed E-state index contributed by atoms with van der Waals surface area (Å²) in [6.07, 6.45) is 3.40. The molecule has 11 heteroatoms. The number of aromatic nitrogens is 1. The number of ether oxygens (including phenoxy) is 2. The zero-order valence-electron chi connectivity index (χ0n) is 24.3. The number of thiophene rings is 1. The van der Waals surface area contributed by atoms with Gasteiger partial charge in [-0.2, -0.15) is 0 Å². The van der Waals surface area contributed by atoms with Crippen LogP contribution < -0.4 is 25.6 Å². The second-order valence-electron chi connectivity index (χ2n) is 11.8. The molecule has 4 aromatic rings. The Hall–Kier alpha value is -4.19. The van der Waals surface area contributed by atoms with Gasteiger partial charge in [-0.3, -0.25) is 10.2 Å². The standard InChI is InChI=1S/C32H35N5O5S/c1-32(2,3)42-31(40)35-20-11-9-19(10-12-20)34-28(38)27-26-25-24(17-18-33-29(25)43-27)37(30(39)36-26)21-13-15-23(16-14-21)41-22-7-5-4-6-8-22/h4-8,13-20,28,34,38H,9-12H2,1-3H3,(H,35,40)(H,36,39). The molecule has 0 saturated heterocycles. The van der Waals surface area contributed by atoms with E-state index in [9.17, 15) is 14.7 Å². The highest BCUT2D eigenvalue weighted by molar-refractivity contribution is 7.19. The van der Waals surface area contributed by atoms with Gasteiger partial charge in [0.2, 0.25) is 0 Å². The second kappa shape index (κ2) is 11.8.